The summed E-state index contributed by atoms with van der Waals surface area (Å²) in [6.07, 6.45) is 2.99. The van der Waals surface area contributed by atoms with Gasteiger partial charge in [-0.25, -0.2) is 9.97 Å². The standard InChI is InChI=1S/C21H14N3.C5H8O2.Ir/c1-14-8-10-18-15(13-14)9-11-20(23-18)24-19-7-3-2-5-16(19)17-6-4-12-22-21(17)24;1-4(6)3-5(2)7;/h2-6,8-13H,1H3;3,6H,1-2H3;/q-1;;/b;4-3-;. The number of aryl methyl sites for hydroxylation is 1. The first-order chi connectivity index (χ1) is 14.9. The summed E-state index contributed by atoms with van der Waals surface area (Å²) >= 11 is 0. The van der Waals surface area contributed by atoms with E-state index >= 15 is 0 Å². The van der Waals surface area contributed by atoms with Crippen LogP contribution in [0.2, 0.25) is 0 Å². The van der Waals surface area contributed by atoms with Crippen molar-refractivity contribution in [3.05, 3.63) is 90.3 Å². The molecule has 5 aromatic rings. The second kappa shape index (κ2) is 9.86. The van der Waals surface area contributed by atoms with Crippen LogP contribution in [0, 0.1) is 13.0 Å². The summed E-state index contributed by atoms with van der Waals surface area (Å²) in [4.78, 5) is 19.5. The van der Waals surface area contributed by atoms with Gasteiger partial charge >= 0.3 is 0 Å². The molecule has 0 aliphatic heterocycles. The number of allylic oxidation sites excluding steroid dienone is 2. The number of hydrogen-bond donors (Lipinski definition) is 1. The SMILES string of the molecule is CC(=O)/C=C(/C)O.Cc1ccc2nc(-n3c4[c-]cccc4c4cccnc43)ccc2c1.[Ir]. The van der Waals surface area contributed by atoms with E-state index in [0.717, 1.165) is 38.7 Å². The van der Waals surface area contributed by atoms with Crippen LogP contribution in [0.4, 0.5) is 0 Å². The Labute approximate surface area is 199 Å². The van der Waals surface area contributed by atoms with Gasteiger partial charge in [-0.05, 0) is 56.5 Å². The predicted octanol–water partition coefficient (Wildman–Crippen LogP) is 5.87. The van der Waals surface area contributed by atoms with Gasteiger partial charge in [-0.3, -0.25) is 4.79 Å². The first-order valence-electron chi connectivity index (χ1n) is 9.95. The van der Waals surface area contributed by atoms with Crippen LogP contribution in [0.1, 0.15) is 19.4 Å². The first-order valence-corrected chi connectivity index (χ1v) is 9.95. The number of aliphatic hydroxyl groups excluding tert-OH is 1. The summed E-state index contributed by atoms with van der Waals surface area (Å²) in [5.41, 5.74) is 4.14. The second-order valence-electron chi connectivity index (χ2n) is 7.40. The average Bonchev–Trinajstić information content (AvgIpc) is 3.07. The van der Waals surface area contributed by atoms with Crippen molar-refractivity contribution in [1.82, 2.24) is 14.5 Å². The Hall–Kier alpha value is -3.34. The zero-order valence-corrected chi connectivity index (χ0v) is 20.4. The smallest absolute Gasteiger partial charge is 0.155 e. The Morgan fingerprint density at radius 3 is 2.56 bits per heavy atom. The topological polar surface area (TPSA) is 68.0 Å². The summed E-state index contributed by atoms with van der Waals surface area (Å²) in [6.45, 7) is 4.94. The predicted molar refractivity (Wildman–Crippen MR) is 125 cm³/mol. The molecule has 0 bridgehead atoms. The Kier molecular flexibility index (Phi) is 7.18. The van der Waals surface area contributed by atoms with Crippen molar-refractivity contribution in [3.8, 4) is 5.82 Å². The number of benzene rings is 2. The minimum atomic E-state index is -0.125. The number of carbonyl (C=O) groups is 1. The number of rotatable bonds is 2. The number of pyridine rings is 2. The molecule has 5 rings (SSSR count). The van der Waals surface area contributed by atoms with E-state index in [2.05, 4.69) is 65.0 Å². The summed E-state index contributed by atoms with van der Waals surface area (Å²) in [7, 11) is 0. The molecule has 32 heavy (non-hydrogen) atoms. The molecular formula is C26H22IrN3O2-. The Morgan fingerprint density at radius 1 is 1.06 bits per heavy atom. The van der Waals surface area contributed by atoms with Gasteiger partial charge in [0.2, 0.25) is 0 Å². The molecule has 3 aromatic heterocycles. The van der Waals surface area contributed by atoms with E-state index in [1.165, 1.54) is 25.5 Å². The molecular weight excluding hydrogens is 579 g/mol. The van der Waals surface area contributed by atoms with Crippen LogP contribution in [0.15, 0.2) is 78.7 Å². The van der Waals surface area contributed by atoms with Crippen LogP contribution in [-0.4, -0.2) is 25.4 Å². The molecule has 0 saturated heterocycles. The zero-order chi connectivity index (χ0) is 22.0. The molecule has 1 radical (unpaired) electrons. The number of nitrogens with zero attached hydrogens (tertiary/aromatic N) is 3. The van der Waals surface area contributed by atoms with Crippen molar-refractivity contribution >= 4 is 38.6 Å². The largest absolute Gasteiger partial charge is 0.512 e. The van der Waals surface area contributed by atoms with Gasteiger partial charge in [-0.1, -0.05) is 23.2 Å². The first kappa shape index (κ1) is 23.3. The van der Waals surface area contributed by atoms with Crippen molar-refractivity contribution in [1.29, 1.82) is 0 Å². The molecule has 5 nitrogen and oxygen atoms in total. The van der Waals surface area contributed by atoms with Crippen LogP contribution in [0.5, 0.6) is 0 Å². The van der Waals surface area contributed by atoms with Crippen LogP contribution in [-0.2, 0) is 24.9 Å². The molecule has 6 heteroatoms. The fourth-order valence-corrected chi connectivity index (χ4v) is 3.60. The van der Waals surface area contributed by atoms with Crippen molar-refractivity contribution < 1.29 is 30.0 Å². The summed E-state index contributed by atoms with van der Waals surface area (Å²) in [6, 6.07) is 23.9. The Morgan fingerprint density at radius 2 is 1.84 bits per heavy atom. The van der Waals surface area contributed by atoms with Gasteiger partial charge in [0.05, 0.1) is 11.3 Å². The van der Waals surface area contributed by atoms with E-state index < -0.39 is 0 Å². The molecule has 1 N–H and O–H groups in total. The van der Waals surface area contributed by atoms with E-state index in [0.29, 0.717) is 0 Å². The molecule has 0 atom stereocenters. The fourth-order valence-electron chi connectivity index (χ4n) is 3.60. The van der Waals surface area contributed by atoms with Crippen molar-refractivity contribution in [2.45, 2.75) is 20.8 Å². The van der Waals surface area contributed by atoms with Gasteiger partial charge in [0.15, 0.2) is 5.78 Å². The van der Waals surface area contributed by atoms with E-state index in [9.17, 15) is 4.79 Å². The molecule has 3 heterocycles. The number of para-hydroxylation sites is 1. The second-order valence-corrected chi connectivity index (χ2v) is 7.40. The average molecular weight is 601 g/mol. The molecule has 2 aromatic carbocycles. The van der Waals surface area contributed by atoms with E-state index in [4.69, 9.17) is 10.1 Å². The molecule has 0 aliphatic rings. The number of aromatic nitrogens is 3. The number of fused-ring (bicyclic) bond motifs is 4. The Bertz CT molecular complexity index is 1400. The number of ketones is 1. The third-order valence-electron chi connectivity index (χ3n) is 4.82. The van der Waals surface area contributed by atoms with E-state index in [1.807, 2.05) is 24.4 Å². The van der Waals surface area contributed by atoms with Gasteiger partial charge in [0, 0.05) is 37.8 Å². The Balaban J connectivity index is 0.000000318. The third-order valence-corrected chi connectivity index (χ3v) is 4.82. The number of carbonyl (C=O) groups excluding carboxylic acids is 1. The summed E-state index contributed by atoms with van der Waals surface area (Å²) < 4.78 is 2.09. The van der Waals surface area contributed by atoms with Gasteiger partial charge in [0.1, 0.15) is 11.5 Å². The molecule has 0 spiro atoms. The van der Waals surface area contributed by atoms with Gasteiger partial charge in [-0.15, -0.1) is 5.39 Å². The summed E-state index contributed by atoms with van der Waals surface area (Å²) in [5, 5.41) is 11.8. The van der Waals surface area contributed by atoms with Gasteiger partial charge in [-0.2, -0.15) is 24.3 Å². The number of hydrogen-bond acceptors (Lipinski definition) is 4. The van der Waals surface area contributed by atoms with Crippen LogP contribution < -0.4 is 0 Å². The molecule has 0 amide bonds. The maximum Gasteiger partial charge on any atom is 0.155 e. The molecule has 0 saturated carbocycles. The zero-order valence-electron chi connectivity index (χ0n) is 18.0. The normalized spacial score (nSPS) is 11.2. The van der Waals surface area contributed by atoms with E-state index in [1.54, 1.807) is 0 Å². The maximum absolute atomic E-state index is 10.0. The molecule has 0 aliphatic carbocycles. The van der Waals surface area contributed by atoms with Crippen LogP contribution >= 0.6 is 0 Å². The van der Waals surface area contributed by atoms with Crippen LogP contribution in [0.25, 0.3) is 38.7 Å². The van der Waals surface area contributed by atoms with Crippen molar-refractivity contribution in [2.75, 3.05) is 0 Å². The minimum absolute atomic E-state index is 0. The van der Waals surface area contributed by atoms with Crippen molar-refractivity contribution in [3.63, 3.8) is 0 Å². The van der Waals surface area contributed by atoms with Gasteiger partial charge in [0.25, 0.3) is 0 Å². The van der Waals surface area contributed by atoms with Crippen LogP contribution in [0.3, 0.4) is 0 Å². The maximum atomic E-state index is 10.0. The fraction of sp³-hybridized carbons (Fsp3) is 0.115. The van der Waals surface area contributed by atoms with Gasteiger partial charge < -0.3 is 9.67 Å². The van der Waals surface area contributed by atoms with Crippen molar-refractivity contribution in [2.24, 2.45) is 0 Å². The number of aliphatic hydroxyl groups is 1. The summed E-state index contributed by atoms with van der Waals surface area (Å²) in [5.74, 6) is 0.806. The quantitative estimate of drug-likeness (QED) is 0.156. The third kappa shape index (κ3) is 4.77. The van der Waals surface area contributed by atoms with E-state index in [-0.39, 0.29) is 31.6 Å². The molecule has 0 unspecified atom stereocenters. The minimum Gasteiger partial charge on any atom is -0.512 e. The molecule has 163 valence electrons. The monoisotopic (exact) mass is 601 g/mol. The molecule has 0 fully saturated rings.